The second kappa shape index (κ2) is 7.24. The van der Waals surface area contributed by atoms with Crippen LogP contribution in [0.4, 0.5) is 5.69 Å². The van der Waals surface area contributed by atoms with Gasteiger partial charge in [-0.05, 0) is 42.6 Å². The normalized spacial score (nSPS) is 10.7. The van der Waals surface area contributed by atoms with Crippen LogP contribution in [0.2, 0.25) is 0 Å². The molecule has 0 aliphatic carbocycles. The number of fused-ring (bicyclic) bond motifs is 1. The number of nitrogens with one attached hydrogen (secondary N) is 2. The molecular weight excluding hydrogens is 304 g/mol. The molecule has 3 rings (SSSR count). The van der Waals surface area contributed by atoms with Crippen molar-refractivity contribution < 1.29 is 0 Å². The van der Waals surface area contributed by atoms with Crippen LogP contribution in [0.25, 0.3) is 10.8 Å². The largest absolute Gasteiger partial charge is 0.362 e. The number of aromatic nitrogens is 2. The number of anilines is 1. The van der Waals surface area contributed by atoms with Gasteiger partial charge in [-0.2, -0.15) is 5.10 Å². The monoisotopic (exact) mass is 324 g/mol. The maximum absolute atomic E-state index is 5.39. The van der Waals surface area contributed by atoms with E-state index in [1.807, 2.05) is 48.3 Å². The zero-order chi connectivity index (χ0) is 16.1. The van der Waals surface area contributed by atoms with Gasteiger partial charge >= 0.3 is 0 Å². The molecule has 2 aromatic carbocycles. The molecule has 5 heteroatoms. The number of hydrogen-bond donors (Lipinski definition) is 2. The zero-order valence-corrected chi connectivity index (χ0v) is 13.9. The van der Waals surface area contributed by atoms with Crippen LogP contribution in [-0.2, 0) is 6.54 Å². The Bertz CT molecular complexity index is 804. The molecule has 0 atom stereocenters. The molecule has 2 N–H and O–H groups in total. The highest BCUT2D eigenvalue weighted by Gasteiger charge is 2.02. The summed E-state index contributed by atoms with van der Waals surface area (Å²) in [6.45, 7) is 3.75. The second-order valence-corrected chi connectivity index (χ2v) is 5.95. The van der Waals surface area contributed by atoms with Crippen LogP contribution in [0.15, 0.2) is 54.9 Å². The van der Waals surface area contributed by atoms with E-state index in [1.54, 1.807) is 0 Å². The second-order valence-electron chi connectivity index (χ2n) is 5.54. The number of thiocarbonyl (C=S) groups is 1. The van der Waals surface area contributed by atoms with E-state index in [9.17, 15) is 0 Å². The standard InChI is InChI=1S/C18H20N4S/c1-14-12-20-22(13-14)11-5-10-19-18(23)21-17-9-4-7-15-6-2-3-8-16(15)17/h2-4,6-9,12-13H,5,10-11H2,1H3,(H2,19,21,23). The molecule has 1 aromatic heterocycles. The number of hydrogen-bond acceptors (Lipinski definition) is 2. The Kier molecular flexibility index (Phi) is 4.88. The fourth-order valence-electron chi connectivity index (χ4n) is 2.53. The molecule has 0 amide bonds. The molecule has 118 valence electrons. The van der Waals surface area contributed by atoms with Crippen LogP contribution >= 0.6 is 12.2 Å². The van der Waals surface area contributed by atoms with Gasteiger partial charge in [-0.1, -0.05) is 36.4 Å². The predicted molar refractivity (Wildman–Crippen MR) is 99.8 cm³/mol. The first-order chi connectivity index (χ1) is 11.2. The molecule has 1 heterocycles. The fourth-order valence-corrected chi connectivity index (χ4v) is 2.75. The Morgan fingerprint density at radius 1 is 1.17 bits per heavy atom. The maximum Gasteiger partial charge on any atom is 0.170 e. The van der Waals surface area contributed by atoms with Crippen LogP contribution in [0.1, 0.15) is 12.0 Å². The summed E-state index contributed by atoms with van der Waals surface area (Å²) in [6, 6.07) is 14.5. The highest BCUT2D eigenvalue weighted by Crippen LogP contribution is 2.22. The minimum Gasteiger partial charge on any atom is -0.362 e. The van der Waals surface area contributed by atoms with Crippen LogP contribution in [0.3, 0.4) is 0 Å². The van der Waals surface area contributed by atoms with Gasteiger partial charge in [-0.15, -0.1) is 0 Å². The molecule has 0 aliphatic rings. The first-order valence-electron chi connectivity index (χ1n) is 7.74. The Morgan fingerprint density at radius 3 is 2.83 bits per heavy atom. The summed E-state index contributed by atoms with van der Waals surface area (Å²) >= 11 is 5.39. The van der Waals surface area contributed by atoms with Crippen molar-refractivity contribution in [3.8, 4) is 0 Å². The van der Waals surface area contributed by atoms with Gasteiger partial charge in [0.15, 0.2) is 5.11 Å². The lowest BCUT2D eigenvalue weighted by molar-refractivity contribution is 0.573. The van der Waals surface area contributed by atoms with Crippen LogP contribution in [0, 0.1) is 6.92 Å². The molecule has 0 saturated carbocycles. The summed E-state index contributed by atoms with van der Waals surface area (Å²) in [5, 5.41) is 13.8. The Morgan fingerprint density at radius 2 is 2.00 bits per heavy atom. The van der Waals surface area contributed by atoms with Gasteiger partial charge in [0.2, 0.25) is 0 Å². The average molecular weight is 324 g/mol. The smallest absolute Gasteiger partial charge is 0.170 e. The Labute approximate surface area is 141 Å². The summed E-state index contributed by atoms with van der Waals surface area (Å²) in [5.74, 6) is 0. The third-order valence-electron chi connectivity index (χ3n) is 3.65. The van der Waals surface area contributed by atoms with Crippen molar-refractivity contribution in [2.75, 3.05) is 11.9 Å². The third-order valence-corrected chi connectivity index (χ3v) is 3.90. The quantitative estimate of drug-likeness (QED) is 0.554. The van der Waals surface area contributed by atoms with Crippen LogP contribution in [-0.4, -0.2) is 21.4 Å². The first kappa shape index (κ1) is 15.5. The van der Waals surface area contributed by atoms with E-state index < -0.39 is 0 Å². The maximum atomic E-state index is 5.39. The molecule has 0 bridgehead atoms. The third kappa shape index (κ3) is 4.07. The van der Waals surface area contributed by atoms with E-state index in [-0.39, 0.29) is 0 Å². The van der Waals surface area contributed by atoms with Crippen molar-refractivity contribution in [2.24, 2.45) is 0 Å². The van der Waals surface area contributed by atoms with Crippen molar-refractivity contribution >= 4 is 33.8 Å². The molecule has 0 fully saturated rings. The Hall–Kier alpha value is -2.40. The minimum atomic E-state index is 0.651. The number of rotatable bonds is 5. The molecule has 23 heavy (non-hydrogen) atoms. The SMILES string of the molecule is Cc1cnn(CCCNC(=S)Nc2cccc3ccccc23)c1. The molecule has 0 aliphatic heterocycles. The molecule has 4 nitrogen and oxygen atoms in total. The van der Waals surface area contributed by atoms with Gasteiger partial charge in [0, 0.05) is 30.4 Å². The summed E-state index contributed by atoms with van der Waals surface area (Å²) in [4.78, 5) is 0. The van der Waals surface area contributed by atoms with Crippen molar-refractivity contribution in [1.82, 2.24) is 15.1 Å². The molecule has 0 spiro atoms. The molecule has 0 radical (unpaired) electrons. The molecular formula is C18H20N4S. The van der Waals surface area contributed by atoms with Gasteiger partial charge in [0.25, 0.3) is 0 Å². The van der Waals surface area contributed by atoms with Crippen molar-refractivity contribution in [3.63, 3.8) is 0 Å². The zero-order valence-electron chi connectivity index (χ0n) is 13.1. The first-order valence-corrected chi connectivity index (χ1v) is 8.15. The van der Waals surface area contributed by atoms with Gasteiger partial charge in [-0.3, -0.25) is 4.68 Å². The van der Waals surface area contributed by atoms with Gasteiger partial charge in [0.05, 0.1) is 6.20 Å². The Balaban J connectivity index is 1.51. The lowest BCUT2D eigenvalue weighted by Crippen LogP contribution is -2.29. The van der Waals surface area contributed by atoms with Crippen molar-refractivity contribution in [2.45, 2.75) is 19.9 Å². The van der Waals surface area contributed by atoms with E-state index in [0.29, 0.717) is 5.11 Å². The van der Waals surface area contributed by atoms with E-state index in [4.69, 9.17) is 12.2 Å². The topological polar surface area (TPSA) is 41.9 Å². The summed E-state index contributed by atoms with van der Waals surface area (Å²) < 4.78 is 1.96. The van der Waals surface area contributed by atoms with Crippen molar-refractivity contribution in [3.05, 3.63) is 60.4 Å². The number of aryl methyl sites for hydroxylation is 2. The van der Waals surface area contributed by atoms with Crippen molar-refractivity contribution in [1.29, 1.82) is 0 Å². The number of nitrogens with zero attached hydrogens (tertiary/aromatic N) is 2. The minimum absolute atomic E-state index is 0.651. The fraction of sp³-hybridized carbons (Fsp3) is 0.222. The average Bonchev–Trinajstić information content (AvgIpc) is 2.97. The molecule has 3 aromatic rings. The van der Waals surface area contributed by atoms with Crippen LogP contribution in [0.5, 0.6) is 0 Å². The lowest BCUT2D eigenvalue weighted by atomic mass is 10.1. The van der Waals surface area contributed by atoms with Gasteiger partial charge in [-0.25, -0.2) is 0 Å². The van der Waals surface area contributed by atoms with E-state index in [2.05, 4.69) is 33.9 Å². The van der Waals surface area contributed by atoms with Gasteiger partial charge in [0.1, 0.15) is 0 Å². The van der Waals surface area contributed by atoms with Crippen LogP contribution < -0.4 is 10.6 Å². The predicted octanol–water partition coefficient (Wildman–Crippen LogP) is 3.72. The molecule has 0 saturated heterocycles. The molecule has 0 unspecified atom stereocenters. The number of benzene rings is 2. The van der Waals surface area contributed by atoms with E-state index in [1.165, 1.54) is 16.3 Å². The van der Waals surface area contributed by atoms with Gasteiger partial charge < -0.3 is 10.6 Å². The highest BCUT2D eigenvalue weighted by molar-refractivity contribution is 7.80. The highest BCUT2D eigenvalue weighted by atomic mass is 32.1. The summed E-state index contributed by atoms with van der Waals surface area (Å²) in [7, 11) is 0. The summed E-state index contributed by atoms with van der Waals surface area (Å²) in [5.41, 5.74) is 2.22. The van der Waals surface area contributed by atoms with E-state index in [0.717, 1.165) is 25.2 Å². The van der Waals surface area contributed by atoms with E-state index >= 15 is 0 Å². The lowest BCUT2D eigenvalue weighted by Gasteiger charge is -2.12. The summed E-state index contributed by atoms with van der Waals surface area (Å²) in [6.07, 6.45) is 4.89.